The van der Waals surface area contributed by atoms with Gasteiger partial charge in [0.1, 0.15) is 6.54 Å². The summed E-state index contributed by atoms with van der Waals surface area (Å²) in [7, 11) is -4.00. The standard InChI is InChI=1S/C28H31ClN2O3S/c1-19-11-15-25(16-12-19)35(33,34)31(27-10-6-9-26(29)20(27)2)18-28(32)30-21(3)23-14-13-22-7-4-5-8-24(22)17-23/h6,9-17,21H,4-5,7-8,18H2,1-3H3,(H,30,32)/t21-/m1/s1. The van der Waals surface area contributed by atoms with Crippen molar-refractivity contribution in [3.8, 4) is 0 Å². The van der Waals surface area contributed by atoms with Gasteiger partial charge in [-0.25, -0.2) is 8.42 Å². The molecule has 184 valence electrons. The average molecular weight is 511 g/mol. The Bertz CT molecular complexity index is 1340. The Morgan fingerprint density at radius 3 is 2.40 bits per heavy atom. The number of fused-ring (bicyclic) bond motifs is 1. The molecule has 0 spiro atoms. The molecule has 0 aliphatic heterocycles. The van der Waals surface area contributed by atoms with Gasteiger partial charge in [-0.05, 0) is 93.0 Å². The summed E-state index contributed by atoms with van der Waals surface area (Å²) in [4.78, 5) is 13.3. The highest BCUT2D eigenvalue weighted by Crippen LogP contribution is 2.31. The highest BCUT2D eigenvalue weighted by molar-refractivity contribution is 7.92. The lowest BCUT2D eigenvalue weighted by Crippen LogP contribution is -2.42. The number of aryl methyl sites for hydroxylation is 3. The first-order valence-corrected chi connectivity index (χ1v) is 13.7. The third kappa shape index (κ3) is 5.54. The largest absolute Gasteiger partial charge is 0.348 e. The highest BCUT2D eigenvalue weighted by atomic mass is 35.5. The Kier molecular flexibility index (Phi) is 7.53. The molecule has 0 saturated heterocycles. The predicted octanol–water partition coefficient (Wildman–Crippen LogP) is 5.91. The van der Waals surface area contributed by atoms with Crippen LogP contribution in [0.15, 0.2) is 65.6 Å². The van der Waals surface area contributed by atoms with Crippen LogP contribution in [-0.2, 0) is 27.7 Å². The number of hydrogen-bond donors (Lipinski definition) is 1. The van der Waals surface area contributed by atoms with Crippen LogP contribution in [0.1, 0.15) is 53.6 Å². The summed E-state index contributed by atoms with van der Waals surface area (Å²) in [6.07, 6.45) is 4.55. The van der Waals surface area contributed by atoms with Gasteiger partial charge in [0.15, 0.2) is 0 Å². The number of carbonyl (C=O) groups is 1. The number of nitrogens with one attached hydrogen (secondary N) is 1. The molecule has 1 aliphatic carbocycles. The van der Waals surface area contributed by atoms with E-state index in [0.29, 0.717) is 16.3 Å². The molecule has 0 bridgehead atoms. The molecule has 0 aromatic heterocycles. The van der Waals surface area contributed by atoms with Crippen molar-refractivity contribution in [1.29, 1.82) is 0 Å². The van der Waals surface area contributed by atoms with Crippen LogP contribution in [-0.4, -0.2) is 20.9 Å². The molecule has 1 atom stereocenters. The van der Waals surface area contributed by atoms with Gasteiger partial charge in [-0.1, -0.05) is 53.6 Å². The number of hydrogen-bond acceptors (Lipinski definition) is 3. The topological polar surface area (TPSA) is 66.5 Å². The molecule has 5 nitrogen and oxygen atoms in total. The third-order valence-corrected chi connectivity index (χ3v) is 8.84. The fraction of sp³-hybridized carbons (Fsp3) is 0.321. The van der Waals surface area contributed by atoms with Crippen molar-refractivity contribution in [2.75, 3.05) is 10.8 Å². The second kappa shape index (κ2) is 10.4. The lowest BCUT2D eigenvalue weighted by Gasteiger charge is -2.27. The van der Waals surface area contributed by atoms with Gasteiger partial charge < -0.3 is 5.32 Å². The van der Waals surface area contributed by atoms with Gasteiger partial charge in [0.25, 0.3) is 10.0 Å². The molecule has 4 rings (SSSR count). The van der Waals surface area contributed by atoms with E-state index >= 15 is 0 Å². The summed E-state index contributed by atoms with van der Waals surface area (Å²) in [6, 6.07) is 17.8. The monoisotopic (exact) mass is 510 g/mol. The van der Waals surface area contributed by atoms with Crippen LogP contribution in [0.4, 0.5) is 5.69 Å². The molecule has 0 saturated carbocycles. The SMILES string of the molecule is Cc1ccc(S(=O)(=O)N(CC(=O)N[C@H](C)c2ccc3c(c2)CCCC3)c2cccc(Cl)c2C)cc1. The summed E-state index contributed by atoms with van der Waals surface area (Å²) in [5.74, 6) is -0.384. The van der Waals surface area contributed by atoms with Gasteiger partial charge in [-0.2, -0.15) is 0 Å². The average Bonchev–Trinajstić information content (AvgIpc) is 2.84. The normalized spacial score (nSPS) is 14.2. The molecule has 0 radical (unpaired) electrons. The quantitative estimate of drug-likeness (QED) is 0.429. The van der Waals surface area contributed by atoms with E-state index in [1.54, 1.807) is 49.4 Å². The minimum atomic E-state index is -4.00. The van der Waals surface area contributed by atoms with Crippen molar-refractivity contribution in [3.05, 3.63) is 93.5 Å². The van der Waals surface area contributed by atoms with E-state index in [4.69, 9.17) is 11.6 Å². The van der Waals surface area contributed by atoms with E-state index in [1.165, 1.54) is 24.0 Å². The lowest BCUT2D eigenvalue weighted by molar-refractivity contribution is -0.120. The van der Waals surface area contributed by atoms with Crippen molar-refractivity contribution in [1.82, 2.24) is 5.32 Å². The number of halogens is 1. The molecule has 35 heavy (non-hydrogen) atoms. The number of amides is 1. The van der Waals surface area contributed by atoms with Crippen LogP contribution >= 0.6 is 11.6 Å². The minimum absolute atomic E-state index is 0.123. The van der Waals surface area contributed by atoms with Gasteiger partial charge in [-0.3, -0.25) is 9.10 Å². The maximum atomic E-state index is 13.7. The Labute approximate surface area is 213 Å². The third-order valence-electron chi connectivity index (χ3n) is 6.65. The Morgan fingerprint density at radius 1 is 1.00 bits per heavy atom. The Hall–Kier alpha value is -2.83. The van der Waals surface area contributed by atoms with E-state index < -0.39 is 10.0 Å². The van der Waals surface area contributed by atoms with Gasteiger partial charge in [0.2, 0.25) is 5.91 Å². The molecular formula is C28H31ClN2O3S. The molecule has 0 heterocycles. The van der Waals surface area contributed by atoms with Crippen molar-refractivity contribution in [2.24, 2.45) is 0 Å². The smallest absolute Gasteiger partial charge is 0.264 e. The number of anilines is 1. The number of benzene rings is 3. The van der Waals surface area contributed by atoms with Crippen LogP contribution in [0.25, 0.3) is 0 Å². The zero-order valence-electron chi connectivity index (χ0n) is 20.3. The lowest BCUT2D eigenvalue weighted by atomic mass is 9.89. The first-order chi connectivity index (χ1) is 16.7. The van der Waals surface area contributed by atoms with Crippen LogP contribution in [0, 0.1) is 13.8 Å². The zero-order valence-corrected chi connectivity index (χ0v) is 21.9. The summed E-state index contributed by atoms with van der Waals surface area (Å²) in [5, 5.41) is 3.43. The van der Waals surface area contributed by atoms with Crippen molar-refractivity contribution in [3.63, 3.8) is 0 Å². The molecule has 3 aromatic carbocycles. The Morgan fingerprint density at radius 2 is 1.69 bits per heavy atom. The molecule has 1 aliphatic rings. The predicted molar refractivity (Wildman–Crippen MR) is 142 cm³/mol. The Balaban J connectivity index is 1.61. The van der Waals surface area contributed by atoms with Gasteiger partial charge in [0.05, 0.1) is 16.6 Å². The van der Waals surface area contributed by atoms with E-state index in [2.05, 4.69) is 23.5 Å². The number of nitrogens with zero attached hydrogens (tertiary/aromatic N) is 1. The van der Waals surface area contributed by atoms with Crippen LogP contribution in [0.2, 0.25) is 5.02 Å². The van der Waals surface area contributed by atoms with E-state index in [0.717, 1.165) is 28.3 Å². The van der Waals surface area contributed by atoms with Crippen LogP contribution < -0.4 is 9.62 Å². The summed E-state index contributed by atoms with van der Waals surface area (Å²) in [6.45, 7) is 5.21. The summed E-state index contributed by atoms with van der Waals surface area (Å²) < 4.78 is 28.5. The fourth-order valence-electron chi connectivity index (χ4n) is 4.53. The van der Waals surface area contributed by atoms with Crippen LogP contribution in [0.3, 0.4) is 0 Å². The molecule has 1 amide bonds. The second-order valence-corrected chi connectivity index (χ2v) is 11.5. The van der Waals surface area contributed by atoms with Crippen molar-refractivity contribution < 1.29 is 13.2 Å². The second-order valence-electron chi connectivity index (χ2n) is 9.23. The maximum Gasteiger partial charge on any atom is 0.264 e. The molecule has 7 heteroatoms. The van der Waals surface area contributed by atoms with Gasteiger partial charge in [-0.15, -0.1) is 0 Å². The van der Waals surface area contributed by atoms with E-state index in [-0.39, 0.29) is 23.4 Å². The number of carbonyl (C=O) groups excluding carboxylic acids is 1. The van der Waals surface area contributed by atoms with E-state index in [1.807, 2.05) is 13.8 Å². The molecule has 0 fully saturated rings. The maximum absolute atomic E-state index is 13.7. The number of rotatable bonds is 7. The molecular weight excluding hydrogens is 480 g/mol. The van der Waals surface area contributed by atoms with Gasteiger partial charge in [0, 0.05) is 5.02 Å². The minimum Gasteiger partial charge on any atom is -0.348 e. The van der Waals surface area contributed by atoms with Crippen molar-refractivity contribution >= 4 is 33.2 Å². The molecule has 1 N–H and O–H groups in total. The highest BCUT2D eigenvalue weighted by Gasteiger charge is 2.29. The fourth-order valence-corrected chi connectivity index (χ4v) is 6.17. The van der Waals surface area contributed by atoms with Gasteiger partial charge >= 0.3 is 0 Å². The first kappa shape index (κ1) is 25.3. The zero-order chi connectivity index (χ0) is 25.2. The van der Waals surface area contributed by atoms with Crippen molar-refractivity contribution in [2.45, 2.75) is 57.4 Å². The summed E-state index contributed by atoms with van der Waals surface area (Å²) >= 11 is 6.31. The molecule has 0 unspecified atom stereocenters. The summed E-state index contributed by atoms with van der Waals surface area (Å²) in [5.41, 5.74) is 5.67. The first-order valence-electron chi connectivity index (χ1n) is 11.9. The van der Waals surface area contributed by atoms with E-state index in [9.17, 15) is 13.2 Å². The molecule has 3 aromatic rings. The number of sulfonamides is 1. The van der Waals surface area contributed by atoms with Crippen LogP contribution in [0.5, 0.6) is 0 Å².